The SMILES string of the molecule is N#CC1(SNc2noc3c2CC2(CC2)c2ccc(Br)cc2-3)CCOCC1. The van der Waals surface area contributed by atoms with Crippen LogP contribution in [0.1, 0.15) is 36.8 Å². The molecule has 1 aromatic carbocycles. The maximum Gasteiger partial charge on any atom is 0.183 e. The second kappa shape index (κ2) is 6.01. The molecule has 3 aliphatic rings. The van der Waals surface area contributed by atoms with E-state index in [0.717, 1.165) is 46.4 Å². The molecule has 5 rings (SSSR count). The van der Waals surface area contributed by atoms with Gasteiger partial charge in [-0.15, -0.1) is 0 Å². The average molecular weight is 432 g/mol. The van der Waals surface area contributed by atoms with Crippen molar-refractivity contribution in [3.05, 3.63) is 33.8 Å². The molecule has 5 nitrogen and oxygen atoms in total. The second-order valence-corrected chi connectivity index (χ2v) is 9.51. The van der Waals surface area contributed by atoms with Crippen molar-refractivity contribution in [2.24, 2.45) is 0 Å². The third-order valence-electron chi connectivity index (χ3n) is 5.80. The fraction of sp³-hybridized carbons (Fsp3) is 0.474. The standard InChI is InChI=1S/C19H18BrN3O2S/c20-12-1-2-15-13(9-12)16-14(10-18(15)3-4-18)17(22-25-16)23-26-19(11-21)5-7-24-8-6-19/h1-2,9H,3-8,10H2,(H,22,23). The van der Waals surface area contributed by atoms with Gasteiger partial charge in [0.05, 0.1) is 6.07 Å². The van der Waals surface area contributed by atoms with E-state index in [0.29, 0.717) is 13.2 Å². The van der Waals surface area contributed by atoms with E-state index in [4.69, 9.17) is 9.26 Å². The van der Waals surface area contributed by atoms with Crippen molar-refractivity contribution in [3.63, 3.8) is 0 Å². The Hall–Kier alpha value is -1.49. The summed E-state index contributed by atoms with van der Waals surface area (Å²) in [6.45, 7) is 1.26. The first kappa shape index (κ1) is 16.7. The molecule has 1 spiro atoms. The number of nitrogens with one attached hydrogen (secondary N) is 1. The molecule has 1 saturated heterocycles. The Morgan fingerprint density at radius 1 is 1.23 bits per heavy atom. The Morgan fingerprint density at radius 2 is 2.04 bits per heavy atom. The van der Waals surface area contributed by atoms with E-state index in [1.807, 2.05) is 0 Å². The summed E-state index contributed by atoms with van der Waals surface area (Å²) in [6.07, 6.45) is 4.81. The van der Waals surface area contributed by atoms with Crippen LogP contribution in [0, 0.1) is 11.3 Å². The van der Waals surface area contributed by atoms with Gasteiger partial charge in [0, 0.05) is 47.1 Å². The fourth-order valence-electron chi connectivity index (χ4n) is 4.05. The van der Waals surface area contributed by atoms with Gasteiger partial charge in [-0.25, -0.2) is 0 Å². The van der Waals surface area contributed by atoms with Gasteiger partial charge >= 0.3 is 0 Å². The summed E-state index contributed by atoms with van der Waals surface area (Å²) < 4.78 is 15.1. The molecule has 0 unspecified atom stereocenters. The van der Waals surface area contributed by atoms with Crippen LogP contribution in [0.4, 0.5) is 5.82 Å². The van der Waals surface area contributed by atoms with Crippen LogP contribution >= 0.6 is 27.9 Å². The van der Waals surface area contributed by atoms with Gasteiger partial charge < -0.3 is 14.0 Å². The number of nitriles is 1. The summed E-state index contributed by atoms with van der Waals surface area (Å²) in [4.78, 5) is 0. The van der Waals surface area contributed by atoms with E-state index in [-0.39, 0.29) is 5.41 Å². The van der Waals surface area contributed by atoms with E-state index >= 15 is 0 Å². The lowest BCUT2D eigenvalue weighted by Crippen LogP contribution is -2.32. The Kier molecular flexibility index (Phi) is 3.85. The number of halogens is 1. The Morgan fingerprint density at radius 3 is 2.77 bits per heavy atom. The molecule has 26 heavy (non-hydrogen) atoms. The van der Waals surface area contributed by atoms with Crippen molar-refractivity contribution < 1.29 is 9.26 Å². The van der Waals surface area contributed by atoms with Crippen molar-refractivity contribution >= 4 is 33.7 Å². The van der Waals surface area contributed by atoms with E-state index in [9.17, 15) is 5.26 Å². The van der Waals surface area contributed by atoms with Crippen LogP contribution in [0.2, 0.25) is 0 Å². The molecule has 1 aliphatic heterocycles. The molecule has 2 fully saturated rings. The summed E-state index contributed by atoms with van der Waals surface area (Å²) in [5.41, 5.74) is 3.90. The molecule has 0 atom stereocenters. The molecule has 0 bridgehead atoms. The predicted octanol–water partition coefficient (Wildman–Crippen LogP) is 4.82. The lowest BCUT2D eigenvalue weighted by Gasteiger charge is -2.30. The van der Waals surface area contributed by atoms with Gasteiger partial charge in [0.2, 0.25) is 0 Å². The number of rotatable bonds is 3. The summed E-state index contributed by atoms with van der Waals surface area (Å²) in [6, 6.07) is 8.92. The number of hydrogen-bond donors (Lipinski definition) is 1. The molecule has 7 heteroatoms. The average Bonchev–Trinajstić information content (AvgIpc) is 3.32. The third kappa shape index (κ3) is 2.58. The first-order chi connectivity index (χ1) is 12.6. The van der Waals surface area contributed by atoms with Crippen molar-refractivity contribution in [2.45, 2.75) is 42.3 Å². The third-order valence-corrected chi connectivity index (χ3v) is 7.48. The first-order valence-corrected chi connectivity index (χ1v) is 10.5. The first-order valence-electron chi connectivity index (χ1n) is 8.87. The van der Waals surface area contributed by atoms with E-state index in [2.05, 4.69) is 50.1 Å². The monoisotopic (exact) mass is 431 g/mol. The minimum Gasteiger partial charge on any atom is -0.381 e. The fourth-order valence-corrected chi connectivity index (χ4v) is 5.28. The van der Waals surface area contributed by atoms with Gasteiger partial charge in [-0.1, -0.05) is 27.2 Å². The zero-order valence-corrected chi connectivity index (χ0v) is 16.6. The van der Waals surface area contributed by atoms with Gasteiger partial charge in [0.25, 0.3) is 0 Å². The van der Waals surface area contributed by atoms with Gasteiger partial charge in [-0.3, -0.25) is 0 Å². The van der Waals surface area contributed by atoms with E-state index in [1.165, 1.54) is 30.4 Å². The highest BCUT2D eigenvalue weighted by Gasteiger charge is 2.50. The molecule has 2 heterocycles. The van der Waals surface area contributed by atoms with Crippen LogP contribution in [0.5, 0.6) is 0 Å². The minimum absolute atomic E-state index is 0.237. The number of anilines is 1. The highest BCUT2D eigenvalue weighted by Crippen LogP contribution is 2.58. The smallest absolute Gasteiger partial charge is 0.183 e. The number of ether oxygens (including phenoxy) is 1. The van der Waals surface area contributed by atoms with Crippen LogP contribution in [0.25, 0.3) is 11.3 Å². The van der Waals surface area contributed by atoms with Crippen LogP contribution in [-0.4, -0.2) is 23.1 Å². The molecule has 2 aromatic rings. The molecule has 134 valence electrons. The Labute approximate surface area is 164 Å². The topological polar surface area (TPSA) is 71.1 Å². The second-order valence-electron chi connectivity index (χ2n) is 7.41. The molecule has 2 aliphatic carbocycles. The van der Waals surface area contributed by atoms with Gasteiger partial charge in [0.15, 0.2) is 11.6 Å². The molecule has 1 aromatic heterocycles. The molecular formula is C19H18BrN3O2S. The largest absolute Gasteiger partial charge is 0.381 e. The van der Waals surface area contributed by atoms with Gasteiger partial charge in [-0.2, -0.15) is 5.26 Å². The van der Waals surface area contributed by atoms with Gasteiger partial charge in [0.1, 0.15) is 4.75 Å². The molecular weight excluding hydrogens is 414 g/mol. The predicted molar refractivity (Wildman–Crippen MR) is 104 cm³/mol. The van der Waals surface area contributed by atoms with Crippen molar-refractivity contribution in [1.82, 2.24) is 5.16 Å². The lowest BCUT2D eigenvalue weighted by atomic mass is 9.79. The van der Waals surface area contributed by atoms with E-state index < -0.39 is 4.75 Å². The zero-order chi connectivity index (χ0) is 17.8. The van der Waals surface area contributed by atoms with Crippen LogP contribution in [0.15, 0.2) is 27.2 Å². The minimum atomic E-state index is -0.461. The molecule has 1 N–H and O–H groups in total. The van der Waals surface area contributed by atoms with Gasteiger partial charge in [-0.05, 0) is 48.9 Å². The van der Waals surface area contributed by atoms with E-state index in [1.54, 1.807) is 0 Å². The summed E-state index contributed by atoms with van der Waals surface area (Å²) >= 11 is 5.03. The van der Waals surface area contributed by atoms with Crippen LogP contribution in [-0.2, 0) is 16.6 Å². The zero-order valence-electron chi connectivity index (χ0n) is 14.2. The Balaban J connectivity index is 1.47. The molecule has 0 radical (unpaired) electrons. The Bertz CT molecular complexity index is 910. The summed E-state index contributed by atoms with van der Waals surface area (Å²) in [7, 11) is 0. The number of fused-ring (bicyclic) bond motifs is 4. The highest BCUT2D eigenvalue weighted by molar-refractivity contribution is 9.10. The molecule has 0 amide bonds. The maximum atomic E-state index is 9.65. The molecule has 1 saturated carbocycles. The van der Waals surface area contributed by atoms with Crippen LogP contribution in [0.3, 0.4) is 0 Å². The van der Waals surface area contributed by atoms with Crippen molar-refractivity contribution in [3.8, 4) is 17.4 Å². The van der Waals surface area contributed by atoms with Crippen molar-refractivity contribution in [2.75, 3.05) is 17.9 Å². The number of benzene rings is 1. The normalized spacial score (nSPS) is 21.5. The summed E-state index contributed by atoms with van der Waals surface area (Å²) in [5, 5.41) is 14.0. The quantitative estimate of drug-likeness (QED) is 0.701. The lowest BCUT2D eigenvalue weighted by molar-refractivity contribution is 0.0886. The number of nitrogens with zero attached hydrogens (tertiary/aromatic N) is 2. The number of hydrogen-bond acceptors (Lipinski definition) is 6. The van der Waals surface area contributed by atoms with Crippen LogP contribution < -0.4 is 4.72 Å². The highest BCUT2D eigenvalue weighted by atomic mass is 79.9. The number of aromatic nitrogens is 1. The maximum absolute atomic E-state index is 9.65. The van der Waals surface area contributed by atoms with Crippen molar-refractivity contribution in [1.29, 1.82) is 5.26 Å². The summed E-state index contributed by atoms with van der Waals surface area (Å²) in [5.74, 6) is 1.63.